The van der Waals surface area contributed by atoms with Gasteiger partial charge in [-0.1, -0.05) is 29.8 Å². The molecule has 1 aromatic heterocycles. The van der Waals surface area contributed by atoms with Crippen molar-refractivity contribution in [1.82, 2.24) is 15.3 Å². The van der Waals surface area contributed by atoms with Gasteiger partial charge in [0, 0.05) is 61.5 Å². The van der Waals surface area contributed by atoms with Crippen LogP contribution in [0.15, 0.2) is 28.7 Å². The van der Waals surface area contributed by atoms with Crippen molar-refractivity contribution in [2.75, 3.05) is 54.9 Å². The SMILES string of the molecule is CC(C)c1cc(N2CCNC(c3cc(N4CC(CO)C4)ccc3Br)C2)nc(N)n1. The van der Waals surface area contributed by atoms with Gasteiger partial charge < -0.3 is 26.0 Å². The first-order valence-corrected chi connectivity index (χ1v) is 11.0. The summed E-state index contributed by atoms with van der Waals surface area (Å²) in [4.78, 5) is 13.5. The number of hydrogen-bond donors (Lipinski definition) is 3. The number of nitrogens with one attached hydrogen (secondary N) is 1. The lowest BCUT2D eigenvalue weighted by Crippen LogP contribution is -2.48. The van der Waals surface area contributed by atoms with Gasteiger partial charge in [0.1, 0.15) is 5.82 Å². The average molecular weight is 461 g/mol. The molecule has 1 unspecified atom stereocenters. The number of aromatic nitrogens is 2. The molecule has 2 aromatic rings. The van der Waals surface area contributed by atoms with E-state index in [4.69, 9.17) is 5.73 Å². The van der Waals surface area contributed by atoms with Crippen LogP contribution in [0.25, 0.3) is 0 Å². The van der Waals surface area contributed by atoms with Gasteiger partial charge in [0.15, 0.2) is 0 Å². The second-order valence-corrected chi connectivity index (χ2v) is 9.13. The number of anilines is 3. The van der Waals surface area contributed by atoms with Gasteiger partial charge in [0.05, 0.1) is 11.7 Å². The van der Waals surface area contributed by atoms with Crippen LogP contribution in [0.2, 0.25) is 0 Å². The minimum Gasteiger partial charge on any atom is -0.396 e. The van der Waals surface area contributed by atoms with Crippen LogP contribution in [0.3, 0.4) is 0 Å². The molecule has 2 aliphatic rings. The Labute approximate surface area is 180 Å². The number of nitrogens with two attached hydrogens (primary N) is 1. The third-order valence-corrected chi connectivity index (χ3v) is 6.50. The van der Waals surface area contributed by atoms with Crippen LogP contribution in [0, 0.1) is 5.92 Å². The van der Waals surface area contributed by atoms with E-state index in [1.54, 1.807) is 0 Å². The maximum Gasteiger partial charge on any atom is 0.222 e. The summed E-state index contributed by atoms with van der Waals surface area (Å²) in [6, 6.07) is 8.77. The first-order valence-electron chi connectivity index (χ1n) is 10.2. The number of rotatable bonds is 5. The fraction of sp³-hybridized carbons (Fsp3) is 0.524. The molecular weight excluding hydrogens is 432 g/mol. The van der Waals surface area contributed by atoms with Gasteiger partial charge in [-0.25, -0.2) is 4.98 Å². The Balaban J connectivity index is 1.54. The molecule has 0 amide bonds. The monoisotopic (exact) mass is 460 g/mol. The van der Waals surface area contributed by atoms with E-state index in [9.17, 15) is 5.11 Å². The first-order chi connectivity index (χ1) is 13.9. The first kappa shape index (κ1) is 20.4. The number of benzene rings is 1. The third kappa shape index (κ3) is 4.34. The molecule has 0 bridgehead atoms. The van der Waals surface area contributed by atoms with Gasteiger partial charge in [-0.2, -0.15) is 4.98 Å². The highest BCUT2D eigenvalue weighted by Crippen LogP contribution is 2.33. The topological polar surface area (TPSA) is 90.5 Å². The zero-order valence-corrected chi connectivity index (χ0v) is 18.6. The van der Waals surface area contributed by atoms with Crippen molar-refractivity contribution in [1.29, 1.82) is 0 Å². The van der Waals surface area contributed by atoms with Gasteiger partial charge in [-0.3, -0.25) is 0 Å². The molecule has 4 rings (SSSR count). The van der Waals surface area contributed by atoms with Crippen molar-refractivity contribution >= 4 is 33.4 Å². The van der Waals surface area contributed by atoms with E-state index in [-0.39, 0.29) is 12.6 Å². The Kier molecular flexibility index (Phi) is 5.94. The molecule has 8 heteroatoms. The van der Waals surface area contributed by atoms with Crippen molar-refractivity contribution in [2.24, 2.45) is 5.92 Å². The Bertz CT molecular complexity index is 870. The zero-order chi connectivity index (χ0) is 20.5. The summed E-state index contributed by atoms with van der Waals surface area (Å²) in [7, 11) is 0. The Morgan fingerprint density at radius 1 is 1.21 bits per heavy atom. The fourth-order valence-electron chi connectivity index (χ4n) is 3.99. The molecule has 4 N–H and O–H groups in total. The van der Waals surface area contributed by atoms with Crippen molar-refractivity contribution in [3.05, 3.63) is 40.0 Å². The fourth-order valence-corrected chi connectivity index (χ4v) is 4.51. The molecule has 0 spiro atoms. The normalized spacial score (nSPS) is 20.2. The van der Waals surface area contributed by atoms with Crippen LogP contribution >= 0.6 is 15.9 Å². The van der Waals surface area contributed by atoms with Crippen LogP contribution in [0.1, 0.15) is 37.1 Å². The predicted molar refractivity (Wildman–Crippen MR) is 120 cm³/mol. The molecule has 3 heterocycles. The second kappa shape index (κ2) is 8.45. The van der Waals surface area contributed by atoms with Gasteiger partial charge in [-0.15, -0.1) is 0 Å². The van der Waals surface area contributed by atoms with Crippen molar-refractivity contribution in [3.8, 4) is 0 Å². The number of hydrogen-bond acceptors (Lipinski definition) is 7. The quantitative estimate of drug-likeness (QED) is 0.631. The Morgan fingerprint density at radius 3 is 2.72 bits per heavy atom. The summed E-state index contributed by atoms with van der Waals surface area (Å²) in [6.07, 6.45) is 0. The van der Waals surface area contributed by atoms with E-state index in [1.807, 2.05) is 0 Å². The second-order valence-electron chi connectivity index (χ2n) is 8.28. The lowest BCUT2D eigenvalue weighted by atomic mass is 9.98. The number of nitrogen functional groups attached to an aromatic ring is 1. The molecule has 2 aliphatic heterocycles. The highest BCUT2D eigenvalue weighted by molar-refractivity contribution is 9.10. The zero-order valence-electron chi connectivity index (χ0n) is 17.0. The van der Waals surface area contributed by atoms with E-state index in [0.29, 0.717) is 17.8 Å². The van der Waals surface area contributed by atoms with Crippen LogP contribution in [-0.4, -0.2) is 54.4 Å². The van der Waals surface area contributed by atoms with Crippen LogP contribution in [0.4, 0.5) is 17.5 Å². The highest BCUT2D eigenvalue weighted by atomic mass is 79.9. The van der Waals surface area contributed by atoms with Gasteiger partial charge >= 0.3 is 0 Å². The van der Waals surface area contributed by atoms with Crippen molar-refractivity contribution in [2.45, 2.75) is 25.8 Å². The number of nitrogens with zero attached hydrogens (tertiary/aromatic N) is 4. The van der Waals surface area contributed by atoms with Crippen molar-refractivity contribution < 1.29 is 5.11 Å². The van der Waals surface area contributed by atoms with Crippen LogP contribution < -0.4 is 20.9 Å². The molecule has 0 radical (unpaired) electrons. The minimum atomic E-state index is 0.187. The molecule has 156 valence electrons. The minimum absolute atomic E-state index is 0.187. The van der Waals surface area contributed by atoms with E-state index in [0.717, 1.165) is 48.7 Å². The lowest BCUT2D eigenvalue weighted by Gasteiger charge is -2.41. The van der Waals surface area contributed by atoms with E-state index in [2.05, 4.69) is 79.1 Å². The van der Waals surface area contributed by atoms with E-state index >= 15 is 0 Å². The Morgan fingerprint density at radius 2 is 2.00 bits per heavy atom. The summed E-state index contributed by atoms with van der Waals surface area (Å²) < 4.78 is 1.10. The molecule has 0 saturated carbocycles. The molecule has 7 nitrogen and oxygen atoms in total. The average Bonchev–Trinajstić information content (AvgIpc) is 2.68. The molecule has 0 aliphatic carbocycles. The molecule has 2 saturated heterocycles. The third-order valence-electron chi connectivity index (χ3n) is 5.78. The molecule has 1 atom stereocenters. The Hall–Kier alpha value is -1.90. The number of aliphatic hydroxyl groups excluding tert-OH is 1. The molecule has 2 fully saturated rings. The number of halogens is 1. The predicted octanol–water partition coefficient (Wildman–Crippen LogP) is 2.52. The summed E-state index contributed by atoms with van der Waals surface area (Å²) in [6.45, 7) is 8.90. The standard InChI is InChI=1S/C21H29BrN6O/c1-13(2)18-8-20(26-21(23)25-18)27-6-5-24-19(11-27)16-7-15(3-4-17(16)22)28-9-14(10-28)12-29/h3-4,7-8,13-14,19,24,29H,5-6,9-12H2,1-2H3,(H2,23,25,26). The van der Waals surface area contributed by atoms with E-state index in [1.165, 1.54) is 11.3 Å². The van der Waals surface area contributed by atoms with Crippen LogP contribution in [-0.2, 0) is 0 Å². The van der Waals surface area contributed by atoms with Gasteiger partial charge in [-0.05, 0) is 29.7 Å². The highest BCUT2D eigenvalue weighted by Gasteiger charge is 2.28. The number of aliphatic hydroxyl groups is 1. The maximum absolute atomic E-state index is 9.29. The molecule has 29 heavy (non-hydrogen) atoms. The van der Waals surface area contributed by atoms with Crippen molar-refractivity contribution in [3.63, 3.8) is 0 Å². The summed E-state index contributed by atoms with van der Waals surface area (Å²) in [5, 5.41) is 12.9. The largest absolute Gasteiger partial charge is 0.396 e. The lowest BCUT2D eigenvalue weighted by molar-refractivity contribution is 0.201. The van der Waals surface area contributed by atoms with Gasteiger partial charge in [0.2, 0.25) is 5.95 Å². The molecule has 1 aromatic carbocycles. The van der Waals surface area contributed by atoms with E-state index < -0.39 is 0 Å². The maximum atomic E-state index is 9.29. The van der Waals surface area contributed by atoms with Crippen LogP contribution in [0.5, 0.6) is 0 Å². The summed E-state index contributed by atoms with van der Waals surface area (Å²) in [5.41, 5.74) is 9.40. The summed E-state index contributed by atoms with van der Waals surface area (Å²) in [5.74, 6) is 1.93. The van der Waals surface area contributed by atoms with Gasteiger partial charge in [0.25, 0.3) is 0 Å². The number of piperazine rings is 1. The smallest absolute Gasteiger partial charge is 0.222 e. The molecular formula is C21H29BrN6O. The summed E-state index contributed by atoms with van der Waals surface area (Å²) >= 11 is 3.74.